The summed E-state index contributed by atoms with van der Waals surface area (Å²) >= 11 is 0. The Morgan fingerprint density at radius 1 is 0.667 bits per heavy atom. The number of carbonyl (C=O) groups excluding carboxylic acids is 2. The highest BCUT2D eigenvalue weighted by Crippen LogP contribution is 2.27. The van der Waals surface area contributed by atoms with Crippen molar-refractivity contribution >= 4 is 18.0 Å². The van der Waals surface area contributed by atoms with Gasteiger partial charge in [0.2, 0.25) is 0 Å². The van der Waals surface area contributed by atoms with Gasteiger partial charge in [0.25, 0.3) is 5.91 Å². The molecule has 1 aliphatic rings. The molecule has 8 nitrogen and oxygen atoms in total. The molecule has 1 aliphatic heterocycles. The van der Waals surface area contributed by atoms with Crippen molar-refractivity contribution in [2.75, 3.05) is 0 Å². The van der Waals surface area contributed by atoms with E-state index in [4.69, 9.17) is 4.74 Å². The first kappa shape index (κ1) is 22.9. The van der Waals surface area contributed by atoms with Crippen molar-refractivity contribution in [3.05, 3.63) is 126 Å². The molecule has 36 heavy (non-hydrogen) atoms. The molecule has 0 aliphatic carbocycles. The smallest absolute Gasteiger partial charge is 0.332 e. The van der Waals surface area contributed by atoms with Crippen LogP contribution in [0.25, 0.3) is 6.08 Å². The Bertz CT molecular complexity index is 1360. The second-order valence-corrected chi connectivity index (χ2v) is 8.11. The van der Waals surface area contributed by atoms with E-state index in [1.165, 1.54) is 9.80 Å². The summed E-state index contributed by atoms with van der Waals surface area (Å²) in [5.41, 5.74) is 3.19. The molecule has 0 N–H and O–H groups in total. The first-order chi connectivity index (χ1) is 17.7. The molecule has 0 spiro atoms. The summed E-state index contributed by atoms with van der Waals surface area (Å²) in [7, 11) is 0. The average molecular weight is 478 g/mol. The van der Waals surface area contributed by atoms with Gasteiger partial charge in [0.05, 0.1) is 30.2 Å². The van der Waals surface area contributed by atoms with Gasteiger partial charge in [0.15, 0.2) is 0 Å². The van der Waals surface area contributed by atoms with Crippen LogP contribution < -0.4 is 4.74 Å². The number of amides is 3. The van der Waals surface area contributed by atoms with Gasteiger partial charge in [-0.1, -0.05) is 30.3 Å². The lowest BCUT2D eigenvalue weighted by molar-refractivity contribution is -0.123. The molecule has 1 saturated heterocycles. The first-order valence-corrected chi connectivity index (χ1v) is 11.4. The number of ether oxygens (including phenoxy) is 1. The number of urea groups is 1. The normalized spacial score (nSPS) is 14.5. The van der Waals surface area contributed by atoms with Crippen molar-refractivity contribution in [2.24, 2.45) is 0 Å². The zero-order chi connectivity index (χ0) is 24.7. The topological polar surface area (TPSA) is 88.5 Å². The van der Waals surface area contributed by atoms with Crippen molar-refractivity contribution in [2.45, 2.75) is 19.7 Å². The van der Waals surface area contributed by atoms with E-state index in [-0.39, 0.29) is 24.7 Å². The van der Waals surface area contributed by atoms with Crippen LogP contribution in [0.15, 0.2) is 103 Å². The van der Waals surface area contributed by atoms with Crippen LogP contribution in [0.2, 0.25) is 0 Å². The second kappa shape index (κ2) is 10.6. The van der Waals surface area contributed by atoms with E-state index in [1.807, 2.05) is 66.7 Å². The quantitative estimate of drug-likeness (QED) is 0.275. The summed E-state index contributed by atoms with van der Waals surface area (Å²) in [5.74, 6) is 0.302. The molecular formula is C28H23N5O3. The van der Waals surface area contributed by atoms with E-state index in [0.717, 1.165) is 11.3 Å². The molecule has 1 fully saturated rings. The van der Waals surface area contributed by atoms with Crippen LogP contribution in [0.4, 0.5) is 4.79 Å². The van der Waals surface area contributed by atoms with Gasteiger partial charge in [-0.05, 0) is 60.2 Å². The number of rotatable bonds is 8. The number of benzene rings is 1. The highest BCUT2D eigenvalue weighted by atomic mass is 16.5. The standard InChI is InChI=1S/C28H23N5O3/c34-27-26(17-21-10-12-25(13-11-21)36-20-24-9-3-6-16-31-24)32(18-22-7-1-4-14-29-22)28(35)33(27)19-23-8-2-5-15-30-23/h1-17H,18-20H2/b26-17+. The van der Waals surface area contributed by atoms with Crippen LogP contribution in [0.3, 0.4) is 0 Å². The highest BCUT2D eigenvalue weighted by Gasteiger charge is 2.41. The Hall–Kier alpha value is -4.85. The summed E-state index contributed by atoms with van der Waals surface area (Å²) in [4.78, 5) is 42.2. The third kappa shape index (κ3) is 5.28. The van der Waals surface area contributed by atoms with E-state index in [1.54, 1.807) is 36.8 Å². The van der Waals surface area contributed by atoms with Crippen LogP contribution in [0.5, 0.6) is 5.75 Å². The minimum atomic E-state index is -0.405. The monoisotopic (exact) mass is 477 g/mol. The van der Waals surface area contributed by atoms with Crippen LogP contribution in [0.1, 0.15) is 22.6 Å². The van der Waals surface area contributed by atoms with Crippen LogP contribution in [-0.4, -0.2) is 36.7 Å². The third-order valence-electron chi connectivity index (χ3n) is 5.61. The van der Waals surface area contributed by atoms with Crippen LogP contribution in [-0.2, 0) is 24.5 Å². The van der Waals surface area contributed by atoms with Crippen molar-refractivity contribution in [3.63, 3.8) is 0 Å². The summed E-state index contributed by atoms with van der Waals surface area (Å²) in [6, 6.07) is 23.5. The maximum Gasteiger partial charge on any atom is 0.332 e. The van der Waals surface area contributed by atoms with Crippen molar-refractivity contribution in [1.82, 2.24) is 24.8 Å². The van der Waals surface area contributed by atoms with Gasteiger partial charge < -0.3 is 4.74 Å². The lowest BCUT2D eigenvalue weighted by atomic mass is 10.1. The number of pyridine rings is 3. The van der Waals surface area contributed by atoms with E-state index in [2.05, 4.69) is 15.0 Å². The fourth-order valence-electron chi connectivity index (χ4n) is 3.79. The SMILES string of the molecule is O=C1/C(=C\c2ccc(OCc3ccccn3)cc2)N(Cc2ccccn2)C(=O)N1Cc1ccccn1. The van der Waals surface area contributed by atoms with Gasteiger partial charge in [0, 0.05) is 18.6 Å². The maximum absolute atomic E-state index is 13.4. The van der Waals surface area contributed by atoms with Gasteiger partial charge in [-0.2, -0.15) is 0 Å². The molecule has 3 aromatic heterocycles. The molecule has 0 saturated carbocycles. The predicted octanol–water partition coefficient (Wildman–Crippen LogP) is 4.46. The molecular weight excluding hydrogens is 454 g/mol. The van der Waals surface area contributed by atoms with E-state index >= 15 is 0 Å². The van der Waals surface area contributed by atoms with E-state index < -0.39 is 6.03 Å². The lowest BCUT2D eigenvalue weighted by Crippen LogP contribution is -2.32. The molecule has 0 atom stereocenters. The summed E-state index contributed by atoms with van der Waals surface area (Å²) in [6.45, 7) is 0.630. The van der Waals surface area contributed by atoms with E-state index in [0.29, 0.717) is 23.7 Å². The van der Waals surface area contributed by atoms with Gasteiger partial charge >= 0.3 is 6.03 Å². The van der Waals surface area contributed by atoms with Crippen LogP contribution in [0, 0.1) is 0 Å². The Balaban J connectivity index is 1.38. The molecule has 178 valence electrons. The summed E-state index contributed by atoms with van der Waals surface area (Å²) < 4.78 is 5.80. The molecule has 0 unspecified atom stereocenters. The van der Waals surface area contributed by atoms with Crippen LogP contribution >= 0.6 is 0 Å². The number of hydrogen-bond donors (Lipinski definition) is 0. The highest BCUT2D eigenvalue weighted by molar-refractivity contribution is 6.13. The number of aromatic nitrogens is 3. The zero-order valence-electron chi connectivity index (χ0n) is 19.4. The van der Waals surface area contributed by atoms with Crippen molar-refractivity contribution in [3.8, 4) is 5.75 Å². The molecule has 0 bridgehead atoms. The molecule has 1 aromatic carbocycles. The maximum atomic E-state index is 13.4. The minimum Gasteiger partial charge on any atom is -0.487 e. The Morgan fingerprint density at radius 2 is 1.22 bits per heavy atom. The van der Waals surface area contributed by atoms with Crippen molar-refractivity contribution in [1.29, 1.82) is 0 Å². The van der Waals surface area contributed by atoms with Gasteiger partial charge in [-0.15, -0.1) is 0 Å². The molecule has 4 aromatic rings. The Morgan fingerprint density at radius 3 is 1.78 bits per heavy atom. The molecule has 4 heterocycles. The zero-order valence-corrected chi connectivity index (χ0v) is 19.4. The minimum absolute atomic E-state index is 0.0921. The second-order valence-electron chi connectivity index (χ2n) is 8.11. The first-order valence-electron chi connectivity index (χ1n) is 11.4. The summed E-state index contributed by atoms with van der Waals surface area (Å²) in [6.07, 6.45) is 6.74. The Labute approximate surface area is 208 Å². The molecule has 5 rings (SSSR count). The van der Waals surface area contributed by atoms with Gasteiger partial charge in [-0.25, -0.2) is 4.79 Å². The van der Waals surface area contributed by atoms with Gasteiger partial charge in [-0.3, -0.25) is 29.5 Å². The average Bonchev–Trinajstić information content (AvgIpc) is 3.14. The Kier molecular flexibility index (Phi) is 6.75. The fourth-order valence-corrected chi connectivity index (χ4v) is 3.79. The lowest BCUT2D eigenvalue weighted by Gasteiger charge is -2.16. The molecule has 3 amide bonds. The summed E-state index contributed by atoms with van der Waals surface area (Å²) in [5, 5.41) is 0. The number of carbonyl (C=O) groups is 2. The van der Waals surface area contributed by atoms with Gasteiger partial charge in [0.1, 0.15) is 18.1 Å². The number of hydrogen-bond acceptors (Lipinski definition) is 6. The van der Waals surface area contributed by atoms with Crippen molar-refractivity contribution < 1.29 is 14.3 Å². The fraction of sp³-hybridized carbons (Fsp3) is 0.107. The van der Waals surface area contributed by atoms with E-state index in [9.17, 15) is 9.59 Å². The predicted molar refractivity (Wildman–Crippen MR) is 133 cm³/mol. The molecule has 8 heteroatoms. The number of imide groups is 1. The third-order valence-corrected chi connectivity index (χ3v) is 5.61. The molecule has 0 radical (unpaired) electrons. The largest absolute Gasteiger partial charge is 0.487 e. The number of nitrogens with zero attached hydrogens (tertiary/aromatic N) is 5.